The van der Waals surface area contributed by atoms with Crippen molar-refractivity contribution in [2.75, 3.05) is 19.7 Å². The molecule has 0 bridgehead atoms. The van der Waals surface area contributed by atoms with Crippen molar-refractivity contribution in [1.29, 1.82) is 0 Å². The Balaban J connectivity index is 1.53. The van der Waals surface area contributed by atoms with Gasteiger partial charge in [-0.1, -0.05) is 54.6 Å². The van der Waals surface area contributed by atoms with Crippen molar-refractivity contribution >= 4 is 11.9 Å². The largest absolute Gasteiger partial charge is 0.481 e. The van der Waals surface area contributed by atoms with Crippen molar-refractivity contribution in [3.05, 3.63) is 71.3 Å². The molecule has 0 aromatic heterocycles. The van der Waals surface area contributed by atoms with Crippen LogP contribution in [0.25, 0.3) is 0 Å². The van der Waals surface area contributed by atoms with Gasteiger partial charge in [0.2, 0.25) is 0 Å². The zero-order valence-electron chi connectivity index (χ0n) is 15.1. The summed E-state index contributed by atoms with van der Waals surface area (Å²) in [6, 6.07) is 17.2. The van der Waals surface area contributed by atoms with Gasteiger partial charge in [0.05, 0.1) is 12.0 Å². The van der Waals surface area contributed by atoms with Gasteiger partial charge in [0, 0.05) is 13.1 Å². The van der Waals surface area contributed by atoms with Gasteiger partial charge in [0.1, 0.15) is 0 Å². The van der Waals surface area contributed by atoms with Gasteiger partial charge in [0.15, 0.2) is 6.10 Å². The highest BCUT2D eigenvalue weighted by Gasteiger charge is 2.45. The smallest absolute Gasteiger partial charge is 0.314 e. The molecule has 1 unspecified atom stereocenters. The van der Waals surface area contributed by atoms with E-state index in [-0.39, 0.29) is 5.91 Å². The lowest BCUT2D eigenvalue weighted by Gasteiger charge is -2.40. The van der Waals surface area contributed by atoms with E-state index in [1.54, 1.807) is 4.90 Å². The number of carbonyl (C=O) groups excluding carboxylic acids is 1. The number of carboxylic acids is 1. The minimum atomic E-state index is -0.927. The quantitative estimate of drug-likeness (QED) is 0.908. The van der Waals surface area contributed by atoms with E-state index in [1.807, 2.05) is 54.6 Å². The molecule has 1 fully saturated rings. The normalized spacial score (nSPS) is 21.3. The Labute approximate surface area is 158 Å². The molecule has 1 atom stereocenters. The second-order valence-electron chi connectivity index (χ2n) is 7.28. The predicted molar refractivity (Wildman–Crippen MR) is 100 cm³/mol. The molecule has 0 spiro atoms. The van der Waals surface area contributed by atoms with Crippen LogP contribution < -0.4 is 0 Å². The van der Waals surface area contributed by atoms with Gasteiger partial charge in [-0.3, -0.25) is 9.59 Å². The van der Waals surface area contributed by atoms with E-state index in [4.69, 9.17) is 4.74 Å². The maximum Gasteiger partial charge on any atom is 0.314 e. The van der Waals surface area contributed by atoms with E-state index in [1.165, 1.54) is 0 Å². The summed E-state index contributed by atoms with van der Waals surface area (Å²) in [4.78, 5) is 26.9. The fraction of sp³-hybridized carbons (Fsp3) is 0.364. The third-order valence-electron chi connectivity index (χ3n) is 5.88. The number of piperidine rings is 1. The molecule has 2 heterocycles. The van der Waals surface area contributed by atoms with Gasteiger partial charge in [-0.2, -0.15) is 0 Å². The molecular formula is C22H23NO4. The molecular weight excluding hydrogens is 342 g/mol. The zero-order chi connectivity index (χ0) is 18.9. The summed E-state index contributed by atoms with van der Waals surface area (Å²) in [5.41, 5.74) is 1.97. The Hall–Kier alpha value is -2.66. The van der Waals surface area contributed by atoms with E-state index >= 15 is 0 Å². The minimum Gasteiger partial charge on any atom is -0.481 e. The molecule has 5 nitrogen and oxygen atoms in total. The van der Waals surface area contributed by atoms with Crippen LogP contribution in [-0.2, 0) is 26.2 Å². The third-order valence-corrected chi connectivity index (χ3v) is 5.88. The van der Waals surface area contributed by atoms with Gasteiger partial charge < -0.3 is 14.7 Å². The van der Waals surface area contributed by atoms with Crippen LogP contribution in [0.4, 0.5) is 0 Å². The summed E-state index contributed by atoms with van der Waals surface area (Å²) in [5, 5.41) is 9.92. The Kier molecular flexibility index (Phi) is 4.70. The van der Waals surface area contributed by atoms with Crippen LogP contribution in [0, 0.1) is 0 Å². The van der Waals surface area contributed by atoms with Crippen LogP contribution in [0.1, 0.15) is 35.6 Å². The maximum absolute atomic E-state index is 13.1. The first-order valence-corrected chi connectivity index (χ1v) is 9.39. The number of hydrogen-bond acceptors (Lipinski definition) is 3. The predicted octanol–water partition coefficient (Wildman–Crippen LogP) is 2.95. The van der Waals surface area contributed by atoms with Gasteiger partial charge in [-0.25, -0.2) is 0 Å². The van der Waals surface area contributed by atoms with E-state index in [9.17, 15) is 14.7 Å². The number of carbonyl (C=O) groups is 2. The number of benzene rings is 2. The molecule has 5 heteroatoms. The van der Waals surface area contributed by atoms with Crippen molar-refractivity contribution in [2.45, 2.75) is 30.8 Å². The average Bonchev–Trinajstić information content (AvgIpc) is 2.73. The topological polar surface area (TPSA) is 66.8 Å². The maximum atomic E-state index is 13.1. The summed E-state index contributed by atoms with van der Waals surface area (Å²) in [7, 11) is 0. The number of aliphatic carboxylic acids is 1. The van der Waals surface area contributed by atoms with E-state index in [0.717, 1.165) is 23.1 Å². The first kappa shape index (κ1) is 17.7. The van der Waals surface area contributed by atoms with Crippen LogP contribution in [0.2, 0.25) is 0 Å². The highest BCUT2D eigenvalue weighted by Crippen LogP contribution is 2.37. The fourth-order valence-electron chi connectivity index (χ4n) is 4.26. The molecule has 1 saturated heterocycles. The molecule has 140 valence electrons. The molecule has 1 N–H and O–H groups in total. The number of carboxylic acid groups (broad SMARTS) is 1. The monoisotopic (exact) mass is 365 g/mol. The zero-order valence-corrected chi connectivity index (χ0v) is 15.1. The molecule has 0 radical (unpaired) electrons. The van der Waals surface area contributed by atoms with E-state index in [0.29, 0.717) is 32.5 Å². The molecule has 27 heavy (non-hydrogen) atoms. The molecule has 2 aromatic rings. The van der Waals surface area contributed by atoms with Crippen LogP contribution in [0.3, 0.4) is 0 Å². The minimum absolute atomic E-state index is 0.0609. The number of nitrogens with zero attached hydrogens (tertiary/aromatic N) is 1. The van der Waals surface area contributed by atoms with Gasteiger partial charge >= 0.3 is 5.97 Å². The SMILES string of the molecule is O=C(C1OCCc2ccccc21)N1CCC(C(=O)O)(c2ccccc2)CC1. The Morgan fingerprint density at radius 1 is 1.00 bits per heavy atom. The van der Waals surface area contributed by atoms with Crippen LogP contribution in [-0.4, -0.2) is 41.6 Å². The Morgan fingerprint density at radius 2 is 1.67 bits per heavy atom. The van der Waals surface area contributed by atoms with Crippen LogP contribution in [0.5, 0.6) is 0 Å². The van der Waals surface area contributed by atoms with Gasteiger partial charge in [-0.15, -0.1) is 0 Å². The summed E-state index contributed by atoms with van der Waals surface area (Å²) in [6.07, 6.45) is 1.05. The highest BCUT2D eigenvalue weighted by molar-refractivity contribution is 5.85. The number of amides is 1. The summed E-state index contributed by atoms with van der Waals surface area (Å²) >= 11 is 0. The number of fused-ring (bicyclic) bond motifs is 1. The molecule has 2 aromatic carbocycles. The second-order valence-corrected chi connectivity index (χ2v) is 7.28. The first-order valence-electron chi connectivity index (χ1n) is 9.39. The third kappa shape index (κ3) is 3.12. The highest BCUT2D eigenvalue weighted by atomic mass is 16.5. The molecule has 2 aliphatic heterocycles. The molecule has 4 rings (SSSR count). The van der Waals surface area contributed by atoms with Crippen molar-refractivity contribution in [3.63, 3.8) is 0 Å². The second kappa shape index (κ2) is 7.16. The number of ether oxygens (including phenoxy) is 1. The van der Waals surface area contributed by atoms with Gasteiger partial charge in [-0.05, 0) is 36.0 Å². The van der Waals surface area contributed by atoms with Crippen LogP contribution >= 0.6 is 0 Å². The Morgan fingerprint density at radius 3 is 2.37 bits per heavy atom. The average molecular weight is 365 g/mol. The van der Waals surface area contributed by atoms with E-state index in [2.05, 4.69) is 0 Å². The summed E-state index contributed by atoms with van der Waals surface area (Å²) < 4.78 is 5.80. The van der Waals surface area contributed by atoms with Crippen molar-refractivity contribution in [3.8, 4) is 0 Å². The van der Waals surface area contributed by atoms with E-state index < -0.39 is 17.5 Å². The standard InChI is InChI=1S/C22H23NO4/c24-20(19-18-9-5-4-6-16(18)10-15-27-19)23-13-11-22(12-14-23,21(25)26)17-7-2-1-3-8-17/h1-9,19H,10-15H2,(H,25,26). The van der Waals surface area contributed by atoms with Gasteiger partial charge in [0.25, 0.3) is 5.91 Å². The summed E-state index contributed by atoms with van der Waals surface area (Å²) in [6.45, 7) is 1.37. The lowest BCUT2D eigenvalue weighted by atomic mass is 9.72. The summed E-state index contributed by atoms with van der Waals surface area (Å²) in [5.74, 6) is -0.880. The lowest BCUT2D eigenvalue weighted by molar-refractivity contribution is -0.152. The first-order chi connectivity index (χ1) is 13.1. The van der Waals surface area contributed by atoms with Crippen LogP contribution in [0.15, 0.2) is 54.6 Å². The molecule has 1 amide bonds. The van der Waals surface area contributed by atoms with Crippen molar-refractivity contribution in [1.82, 2.24) is 4.90 Å². The van der Waals surface area contributed by atoms with Crippen molar-refractivity contribution < 1.29 is 19.4 Å². The molecule has 0 aliphatic carbocycles. The van der Waals surface area contributed by atoms with Crippen molar-refractivity contribution in [2.24, 2.45) is 0 Å². The molecule has 2 aliphatic rings. The Bertz CT molecular complexity index is 840. The number of likely N-dealkylation sites (tertiary alicyclic amines) is 1. The lowest BCUT2D eigenvalue weighted by Crippen LogP contribution is -2.50. The fourth-order valence-corrected chi connectivity index (χ4v) is 4.26. The number of rotatable bonds is 3. The number of hydrogen-bond donors (Lipinski definition) is 1. The molecule has 0 saturated carbocycles.